The molecule has 1 aromatic heterocycles. The van der Waals surface area contributed by atoms with Gasteiger partial charge < -0.3 is 34.5 Å². The molecule has 2 heterocycles. The quantitative estimate of drug-likeness (QED) is 0.206. The van der Waals surface area contributed by atoms with E-state index in [2.05, 4.69) is 27.0 Å². The highest BCUT2D eigenvalue weighted by Gasteiger charge is 2.29. The van der Waals surface area contributed by atoms with Crippen molar-refractivity contribution in [3.8, 4) is 11.5 Å². The molecule has 234 valence electrons. The number of urea groups is 1. The molecule has 3 aromatic carbocycles. The highest BCUT2D eigenvalue weighted by molar-refractivity contribution is 6.16. The Labute approximate surface area is 263 Å². The Morgan fingerprint density at radius 2 is 1.67 bits per heavy atom. The largest absolute Gasteiger partial charge is 0.497 e. The van der Waals surface area contributed by atoms with E-state index < -0.39 is 6.03 Å². The number of hydrogen-bond donors (Lipinski definition) is 2. The lowest BCUT2D eigenvalue weighted by atomic mass is 10.1. The van der Waals surface area contributed by atoms with E-state index in [1.54, 1.807) is 67.6 Å². The summed E-state index contributed by atoms with van der Waals surface area (Å²) in [6.45, 7) is 6.44. The number of hydrogen-bond acceptors (Lipinski definition) is 6. The number of carbonyl (C=O) groups excluding carboxylic acids is 3. The number of anilines is 2. The van der Waals surface area contributed by atoms with Crippen molar-refractivity contribution >= 4 is 46.1 Å². The van der Waals surface area contributed by atoms with Crippen molar-refractivity contribution in [2.24, 2.45) is 0 Å². The molecular formula is C35H39N5O5. The van der Waals surface area contributed by atoms with Gasteiger partial charge in [0.05, 0.1) is 12.7 Å². The van der Waals surface area contributed by atoms with Crippen molar-refractivity contribution in [3.05, 3.63) is 88.8 Å². The van der Waals surface area contributed by atoms with E-state index in [1.807, 2.05) is 39.2 Å². The molecule has 1 aliphatic rings. The standard InChI is InChI=1S/C35H39N5O5/c1-7-40-22(2)27(28-20-26(44-6)14-15-30(28)40)21-32-33(41)29-19-25(13-16-31(29)45-32)37-35(43)36-24-11-9-23(10-12-24)34(42)39(5)18-8-17-38(3)4/h9-16,19-21H,7-8,17-18H2,1-6H3,(H2,36,37,43)/b32-21-. The van der Waals surface area contributed by atoms with E-state index in [0.29, 0.717) is 34.8 Å². The number of benzene rings is 3. The van der Waals surface area contributed by atoms with Crippen LogP contribution in [0.1, 0.15) is 45.3 Å². The minimum atomic E-state index is -0.478. The molecule has 0 bridgehead atoms. The molecule has 5 rings (SSSR count). The lowest BCUT2D eigenvalue weighted by Crippen LogP contribution is -2.29. The van der Waals surface area contributed by atoms with Gasteiger partial charge in [0.15, 0.2) is 5.76 Å². The molecule has 2 N–H and O–H groups in total. The van der Waals surface area contributed by atoms with Crippen molar-refractivity contribution in [3.63, 3.8) is 0 Å². The first-order valence-corrected chi connectivity index (χ1v) is 14.9. The smallest absolute Gasteiger partial charge is 0.323 e. The van der Waals surface area contributed by atoms with Gasteiger partial charge in [-0.15, -0.1) is 0 Å². The average Bonchev–Trinajstić information content (AvgIpc) is 3.48. The van der Waals surface area contributed by atoms with Crippen LogP contribution in [0.25, 0.3) is 17.0 Å². The Morgan fingerprint density at radius 1 is 0.956 bits per heavy atom. The number of ketones is 1. The molecule has 0 atom stereocenters. The van der Waals surface area contributed by atoms with E-state index in [9.17, 15) is 14.4 Å². The third-order valence-electron chi connectivity index (χ3n) is 7.93. The molecule has 3 amide bonds. The fraction of sp³-hybridized carbons (Fsp3) is 0.286. The van der Waals surface area contributed by atoms with Gasteiger partial charge in [0.1, 0.15) is 11.5 Å². The third kappa shape index (κ3) is 6.71. The predicted octanol–water partition coefficient (Wildman–Crippen LogP) is 6.26. The maximum absolute atomic E-state index is 13.4. The van der Waals surface area contributed by atoms with Crippen molar-refractivity contribution in [1.82, 2.24) is 14.4 Å². The molecule has 0 unspecified atom stereocenters. The van der Waals surface area contributed by atoms with Gasteiger partial charge in [-0.1, -0.05) is 0 Å². The highest BCUT2D eigenvalue weighted by Crippen LogP contribution is 2.36. The lowest BCUT2D eigenvalue weighted by molar-refractivity contribution is 0.0790. The van der Waals surface area contributed by atoms with Crippen LogP contribution < -0.4 is 20.1 Å². The summed E-state index contributed by atoms with van der Waals surface area (Å²) in [6.07, 6.45) is 2.66. The molecule has 0 fully saturated rings. The van der Waals surface area contributed by atoms with Gasteiger partial charge in [-0.2, -0.15) is 0 Å². The normalized spacial score (nSPS) is 13.2. The summed E-state index contributed by atoms with van der Waals surface area (Å²) in [5, 5.41) is 6.52. The Kier molecular flexibility index (Phi) is 9.24. The monoisotopic (exact) mass is 609 g/mol. The second-order valence-corrected chi connectivity index (χ2v) is 11.3. The fourth-order valence-electron chi connectivity index (χ4n) is 5.54. The number of rotatable bonds is 10. The summed E-state index contributed by atoms with van der Waals surface area (Å²) in [5.74, 6) is 1.04. The first-order valence-electron chi connectivity index (χ1n) is 14.9. The number of Topliss-reactive ketones (excluding diaryl/α,β-unsaturated/α-hetero) is 1. The maximum Gasteiger partial charge on any atom is 0.323 e. The van der Waals surface area contributed by atoms with Crippen LogP contribution in [-0.2, 0) is 6.54 Å². The van der Waals surface area contributed by atoms with Gasteiger partial charge in [0.2, 0.25) is 5.78 Å². The number of nitrogens with one attached hydrogen (secondary N) is 2. The summed E-state index contributed by atoms with van der Waals surface area (Å²) in [7, 11) is 7.42. The van der Waals surface area contributed by atoms with Crippen molar-refractivity contribution in [2.45, 2.75) is 26.8 Å². The van der Waals surface area contributed by atoms with Crippen LogP contribution in [0.15, 0.2) is 66.4 Å². The minimum absolute atomic E-state index is 0.0748. The predicted molar refractivity (Wildman–Crippen MR) is 177 cm³/mol. The van der Waals surface area contributed by atoms with Gasteiger partial charge in [-0.3, -0.25) is 9.59 Å². The highest BCUT2D eigenvalue weighted by atomic mass is 16.5. The zero-order valence-electron chi connectivity index (χ0n) is 26.6. The van der Waals surface area contributed by atoms with E-state index in [1.165, 1.54) is 0 Å². The molecule has 0 spiro atoms. The number of ether oxygens (including phenoxy) is 2. The van der Waals surface area contributed by atoms with Gasteiger partial charge in [0.25, 0.3) is 5.91 Å². The average molecular weight is 610 g/mol. The number of aromatic nitrogens is 1. The molecular weight excluding hydrogens is 570 g/mol. The molecule has 45 heavy (non-hydrogen) atoms. The topological polar surface area (TPSA) is 105 Å². The van der Waals surface area contributed by atoms with E-state index >= 15 is 0 Å². The number of nitrogens with zero attached hydrogens (tertiary/aromatic N) is 3. The second kappa shape index (κ2) is 13.3. The number of fused-ring (bicyclic) bond motifs is 2. The van der Waals surface area contributed by atoms with Gasteiger partial charge in [0, 0.05) is 59.2 Å². The molecule has 10 nitrogen and oxygen atoms in total. The Hall–Kier alpha value is -5.09. The molecule has 0 aliphatic carbocycles. The first kappa shape index (κ1) is 31.3. The number of aryl methyl sites for hydroxylation is 1. The van der Waals surface area contributed by atoms with Crippen LogP contribution in [0.5, 0.6) is 11.5 Å². The summed E-state index contributed by atoms with van der Waals surface area (Å²) in [6, 6.07) is 17.1. The maximum atomic E-state index is 13.4. The van der Waals surface area contributed by atoms with Gasteiger partial charge >= 0.3 is 6.03 Å². The van der Waals surface area contributed by atoms with Crippen LogP contribution >= 0.6 is 0 Å². The first-order chi connectivity index (χ1) is 21.6. The Morgan fingerprint density at radius 3 is 2.36 bits per heavy atom. The number of carbonyl (C=O) groups is 3. The van der Waals surface area contributed by atoms with E-state index in [0.717, 1.165) is 47.4 Å². The SMILES string of the molecule is CCn1c(C)c(/C=C2\Oc3ccc(NC(=O)Nc4ccc(C(=O)N(C)CCCN(C)C)cc4)cc3C2=O)c2cc(OC)ccc21. The second-order valence-electron chi connectivity index (χ2n) is 11.3. The Balaban J connectivity index is 1.25. The number of allylic oxidation sites excluding steroid dienone is 1. The van der Waals surface area contributed by atoms with Crippen LogP contribution in [0, 0.1) is 6.92 Å². The van der Waals surface area contributed by atoms with Crippen LogP contribution in [0.4, 0.5) is 16.2 Å². The molecule has 1 aliphatic heterocycles. The van der Waals surface area contributed by atoms with E-state index in [-0.39, 0.29) is 17.4 Å². The van der Waals surface area contributed by atoms with E-state index in [4.69, 9.17) is 9.47 Å². The van der Waals surface area contributed by atoms with Crippen LogP contribution in [0.2, 0.25) is 0 Å². The van der Waals surface area contributed by atoms with Crippen molar-refractivity contribution in [2.75, 3.05) is 52.0 Å². The summed E-state index contributed by atoms with van der Waals surface area (Å²) >= 11 is 0. The molecule has 0 saturated carbocycles. The zero-order chi connectivity index (χ0) is 32.2. The number of methoxy groups -OCH3 is 1. The van der Waals surface area contributed by atoms with Gasteiger partial charge in [-0.05, 0) is 108 Å². The van der Waals surface area contributed by atoms with Crippen LogP contribution in [-0.4, -0.2) is 73.4 Å². The summed E-state index contributed by atoms with van der Waals surface area (Å²) in [5.41, 5.74) is 4.84. The molecule has 0 radical (unpaired) electrons. The zero-order valence-corrected chi connectivity index (χ0v) is 26.6. The third-order valence-corrected chi connectivity index (χ3v) is 7.93. The summed E-state index contributed by atoms with van der Waals surface area (Å²) in [4.78, 5) is 42.7. The number of amides is 3. The van der Waals surface area contributed by atoms with Crippen LogP contribution in [0.3, 0.4) is 0 Å². The molecule has 4 aromatic rings. The lowest BCUT2D eigenvalue weighted by Gasteiger charge is -2.18. The van der Waals surface area contributed by atoms with Crippen molar-refractivity contribution in [1.29, 1.82) is 0 Å². The fourth-order valence-corrected chi connectivity index (χ4v) is 5.54. The molecule has 10 heteroatoms. The Bertz CT molecular complexity index is 1790. The van der Waals surface area contributed by atoms with Crippen molar-refractivity contribution < 1.29 is 23.9 Å². The summed E-state index contributed by atoms with van der Waals surface area (Å²) < 4.78 is 13.6. The minimum Gasteiger partial charge on any atom is -0.497 e. The molecule has 0 saturated heterocycles. The van der Waals surface area contributed by atoms with Gasteiger partial charge in [-0.25, -0.2) is 4.79 Å².